The van der Waals surface area contributed by atoms with Crippen molar-refractivity contribution in [2.24, 2.45) is 0 Å². The van der Waals surface area contributed by atoms with Crippen LogP contribution < -0.4 is 5.56 Å². The Morgan fingerprint density at radius 1 is 1.23 bits per heavy atom. The zero-order chi connectivity index (χ0) is 15.3. The summed E-state index contributed by atoms with van der Waals surface area (Å²) in [5, 5.41) is 9.44. The fourth-order valence-electron chi connectivity index (χ4n) is 2.79. The molecule has 0 N–H and O–H groups in total. The SMILES string of the molecule is O=c1c2c(Cl)cc(Cl)cc2ncn1Cc1nnc2n1CCC2. The van der Waals surface area contributed by atoms with Gasteiger partial charge in [0.2, 0.25) is 0 Å². The average molecular weight is 336 g/mol. The second-order valence-corrected chi connectivity index (χ2v) is 6.09. The van der Waals surface area contributed by atoms with Crippen LogP contribution in [-0.4, -0.2) is 24.3 Å². The topological polar surface area (TPSA) is 65.6 Å². The first-order valence-corrected chi connectivity index (χ1v) is 7.64. The van der Waals surface area contributed by atoms with Crippen LogP contribution in [0.4, 0.5) is 0 Å². The van der Waals surface area contributed by atoms with Crippen LogP contribution in [0.3, 0.4) is 0 Å². The maximum Gasteiger partial charge on any atom is 0.263 e. The Morgan fingerprint density at radius 3 is 2.95 bits per heavy atom. The number of hydrogen-bond acceptors (Lipinski definition) is 4. The predicted molar refractivity (Wildman–Crippen MR) is 83.5 cm³/mol. The van der Waals surface area contributed by atoms with Crippen LogP contribution >= 0.6 is 23.2 Å². The molecule has 112 valence electrons. The third kappa shape index (κ3) is 2.10. The van der Waals surface area contributed by atoms with E-state index in [0.717, 1.165) is 31.0 Å². The van der Waals surface area contributed by atoms with Crippen molar-refractivity contribution < 1.29 is 0 Å². The predicted octanol–water partition coefficient (Wildman–Crippen LogP) is 2.29. The first-order chi connectivity index (χ1) is 10.6. The Hall–Kier alpha value is -1.92. The monoisotopic (exact) mass is 335 g/mol. The standard InChI is InChI=1S/C14H11Cl2N5O/c15-8-4-9(16)13-10(5-8)17-7-20(14(13)22)6-12-19-18-11-2-1-3-21(11)12/h4-5,7H,1-3,6H2. The molecule has 0 bridgehead atoms. The Morgan fingerprint density at radius 2 is 2.09 bits per heavy atom. The molecule has 3 heterocycles. The van der Waals surface area contributed by atoms with Crippen LogP contribution in [0.5, 0.6) is 0 Å². The number of aryl methyl sites for hydroxylation is 1. The second kappa shape index (κ2) is 5.07. The molecule has 0 fully saturated rings. The van der Waals surface area contributed by atoms with Gasteiger partial charge in [0.05, 0.1) is 28.8 Å². The van der Waals surface area contributed by atoms with Gasteiger partial charge in [-0.1, -0.05) is 23.2 Å². The molecule has 0 spiro atoms. The van der Waals surface area contributed by atoms with Gasteiger partial charge in [0.25, 0.3) is 5.56 Å². The Labute approximate surface area is 135 Å². The number of fused-ring (bicyclic) bond motifs is 2. The molecule has 0 amide bonds. The molecule has 0 saturated heterocycles. The summed E-state index contributed by atoms with van der Waals surface area (Å²) in [6, 6.07) is 3.18. The lowest BCUT2D eigenvalue weighted by molar-refractivity contribution is 0.631. The van der Waals surface area contributed by atoms with Gasteiger partial charge in [-0.2, -0.15) is 0 Å². The average Bonchev–Trinajstić information content (AvgIpc) is 3.05. The van der Waals surface area contributed by atoms with Crippen molar-refractivity contribution in [3.8, 4) is 0 Å². The molecule has 6 nitrogen and oxygen atoms in total. The maximum atomic E-state index is 12.6. The number of nitrogens with zero attached hydrogens (tertiary/aromatic N) is 5. The van der Waals surface area contributed by atoms with Crippen molar-refractivity contribution in [1.29, 1.82) is 0 Å². The van der Waals surface area contributed by atoms with Crippen LogP contribution in [-0.2, 0) is 19.5 Å². The molecule has 4 rings (SSSR count). The summed E-state index contributed by atoms with van der Waals surface area (Å²) >= 11 is 12.1. The number of benzene rings is 1. The molecule has 0 saturated carbocycles. The van der Waals surface area contributed by atoms with Gasteiger partial charge in [-0.15, -0.1) is 10.2 Å². The van der Waals surface area contributed by atoms with Gasteiger partial charge in [0.1, 0.15) is 5.82 Å². The second-order valence-electron chi connectivity index (χ2n) is 5.25. The van der Waals surface area contributed by atoms with Crippen LogP contribution in [0, 0.1) is 0 Å². The first kappa shape index (κ1) is 13.7. The van der Waals surface area contributed by atoms with Gasteiger partial charge >= 0.3 is 0 Å². The van der Waals surface area contributed by atoms with Crippen LogP contribution in [0.2, 0.25) is 10.0 Å². The molecule has 0 unspecified atom stereocenters. The van der Waals surface area contributed by atoms with Gasteiger partial charge in [-0.3, -0.25) is 9.36 Å². The fraction of sp³-hybridized carbons (Fsp3) is 0.286. The molecule has 0 radical (unpaired) electrons. The van der Waals surface area contributed by atoms with Crippen molar-refractivity contribution in [1.82, 2.24) is 24.3 Å². The smallest absolute Gasteiger partial charge is 0.263 e. The van der Waals surface area contributed by atoms with Gasteiger partial charge in [-0.05, 0) is 18.6 Å². The highest BCUT2D eigenvalue weighted by atomic mass is 35.5. The van der Waals surface area contributed by atoms with E-state index in [2.05, 4.69) is 19.7 Å². The molecule has 1 aliphatic heterocycles. The Balaban J connectivity index is 1.82. The van der Waals surface area contributed by atoms with Crippen molar-refractivity contribution in [2.45, 2.75) is 25.9 Å². The lowest BCUT2D eigenvalue weighted by atomic mass is 10.2. The molecule has 2 aromatic heterocycles. The van der Waals surface area contributed by atoms with Crippen LogP contribution in [0.15, 0.2) is 23.3 Å². The summed E-state index contributed by atoms with van der Waals surface area (Å²) in [5.74, 6) is 1.74. The third-order valence-corrected chi connectivity index (χ3v) is 4.36. The number of halogens is 2. The zero-order valence-electron chi connectivity index (χ0n) is 11.5. The van der Waals surface area contributed by atoms with E-state index in [4.69, 9.17) is 23.2 Å². The summed E-state index contributed by atoms with van der Waals surface area (Å²) in [5.41, 5.74) is 0.284. The quantitative estimate of drug-likeness (QED) is 0.720. The molecule has 22 heavy (non-hydrogen) atoms. The van der Waals surface area contributed by atoms with Crippen molar-refractivity contribution in [2.75, 3.05) is 0 Å². The highest BCUT2D eigenvalue weighted by molar-refractivity contribution is 6.38. The fourth-order valence-corrected chi connectivity index (χ4v) is 3.36. The van der Waals surface area contributed by atoms with Gasteiger partial charge in [-0.25, -0.2) is 4.98 Å². The zero-order valence-corrected chi connectivity index (χ0v) is 13.0. The third-order valence-electron chi connectivity index (χ3n) is 3.84. The largest absolute Gasteiger partial charge is 0.313 e. The first-order valence-electron chi connectivity index (χ1n) is 6.88. The van der Waals surface area contributed by atoms with E-state index in [0.29, 0.717) is 27.5 Å². The minimum absolute atomic E-state index is 0.206. The summed E-state index contributed by atoms with van der Waals surface area (Å²) in [4.78, 5) is 16.9. The van der Waals surface area contributed by atoms with Gasteiger partial charge in [0, 0.05) is 18.0 Å². The maximum absolute atomic E-state index is 12.6. The lowest BCUT2D eigenvalue weighted by Crippen LogP contribution is -2.23. The summed E-state index contributed by atoms with van der Waals surface area (Å²) in [6.07, 6.45) is 3.49. The van der Waals surface area contributed by atoms with E-state index in [1.54, 1.807) is 12.1 Å². The van der Waals surface area contributed by atoms with Crippen molar-refractivity contribution in [3.05, 3.63) is 50.5 Å². The molecular formula is C14H11Cl2N5O. The van der Waals surface area contributed by atoms with Crippen molar-refractivity contribution >= 4 is 34.1 Å². The molecule has 1 aliphatic rings. The molecule has 0 aliphatic carbocycles. The molecule has 0 atom stereocenters. The number of aromatic nitrogens is 5. The summed E-state index contributed by atoms with van der Waals surface area (Å²) < 4.78 is 3.55. The van der Waals surface area contributed by atoms with Crippen LogP contribution in [0.25, 0.3) is 10.9 Å². The molecule has 8 heteroatoms. The lowest BCUT2D eigenvalue weighted by Gasteiger charge is -2.08. The highest BCUT2D eigenvalue weighted by Crippen LogP contribution is 2.24. The van der Waals surface area contributed by atoms with E-state index in [1.165, 1.54) is 10.9 Å². The Kier molecular flexibility index (Phi) is 3.16. The van der Waals surface area contributed by atoms with E-state index >= 15 is 0 Å². The summed E-state index contributed by atoms with van der Waals surface area (Å²) in [6.45, 7) is 1.22. The van der Waals surface area contributed by atoms with Crippen molar-refractivity contribution in [3.63, 3.8) is 0 Å². The number of hydrogen-bond donors (Lipinski definition) is 0. The molecular weight excluding hydrogens is 325 g/mol. The van der Waals surface area contributed by atoms with E-state index < -0.39 is 0 Å². The normalized spacial score (nSPS) is 13.7. The van der Waals surface area contributed by atoms with Gasteiger partial charge in [0.15, 0.2) is 5.82 Å². The summed E-state index contributed by atoms with van der Waals surface area (Å²) in [7, 11) is 0. The van der Waals surface area contributed by atoms with E-state index in [1.807, 2.05) is 0 Å². The van der Waals surface area contributed by atoms with E-state index in [-0.39, 0.29) is 5.56 Å². The number of rotatable bonds is 2. The highest BCUT2D eigenvalue weighted by Gasteiger charge is 2.18. The molecule has 1 aromatic carbocycles. The van der Waals surface area contributed by atoms with Crippen LogP contribution in [0.1, 0.15) is 18.1 Å². The van der Waals surface area contributed by atoms with Gasteiger partial charge < -0.3 is 4.57 Å². The van der Waals surface area contributed by atoms with E-state index in [9.17, 15) is 4.79 Å². The molecule has 3 aromatic rings. The Bertz CT molecular complexity index is 946. The minimum atomic E-state index is -0.206. The minimum Gasteiger partial charge on any atom is -0.313 e.